The third-order valence-electron chi connectivity index (χ3n) is 4.43. The van der Waals surface area contributed by atoms with Gasteiger partial charge in [0.25, 0.3) is 0 Å². The smallest absolute Gasteiger partial charge is 0.191 e. The van der Waals surface area contributed by atoms with Crippen LogP contribution in [0.4, 0.5) is 0 Å². The molecule has 1 atom stereocenters. The Kier molecular flexibility index (Phi) is 6.16. The summed E-state index contributed by atoms with van der Waals surface area (Å²) in [5.74, 6) is 2.57. The Hall–Kier alpha value is -2.76. The number of rotatable bonds is 6. The minimum Gasteiger partial charge on any atom is -0.494 e. The molecular formula is C21H28N4O2. The van der Waals surface area contributed by atoms with Crippen LogP contribution in [-0.2, 0) is 19.5 Å². The molecule has 0 bridgehead atoms. The second-order valence-corrected chi connectivity index (χ2v) is 6.68. The second kappa shape index (κ2) is 8.75. The van der Waals surface area contributed by atoms with Gasteiger partial charge >= 0.3 is 0 Å². The zero-order valence-corrected chi connectivity index (χ0v) is 16.5. The largest absolute Gasteiger partial charge is 0.494 e. The Balaban J connectivity index is 1.64. The summed E-state index contributed by atoms with van der Waals surface area (Å²) in [4.78, 5) is 8.80. The molecule has 0 fully saturated rings. The van der Waals surface area contributed by atoms with Crippen LogP contribution < -0.4 is 20.1 Å². The predicted octanol–water partition coefficient (Wildman–Crippen LogP) is 2.98. The van der Waals surface area contributed by atoms with Gasteiger partial charge in [0.1, 0.15) is 17.6 Å². The molecule has 6 heteroatoms. The van der Waals surface area contributed by atoms with Gasteiger partial charge in [-0.05, 0) is 45.0 Å². The van der Waals surface area contributed by atoms with Gasteiger partial charge in [-0.2, -0.15) is 0 Å². The number of fused-ring (bicyclic) bond motifs is 1. The molecule has 1 aromatic heterocycles. The first-order valence-corrected chi connectivity index (χ1v) is 9.41. The van der Waals surface area contributed by atoms with Gasteiger partial charge < -0.3 is 20.1 Å². The van der Waals surface area contributed by atoms with E-state index in [0.29, 0.717) is 19.7 Å². The summed E-state index contributed by atoms with van der Waals surface area (Å²) in [5, 5.41) is 6.65. The van der Waals surface area contributed by atoms with E-state index in [1.54, 1.807) is 7.05 Å². The van der Waals surface area contributed by atoms with E-state index in [1.807, 2.05) is 32.0 Å². The third kappa shape index (κ3) is 4.90. The van der Waals surface area contributed by atoms with E-state index in [0.717, 1.165) is 40.8 Å². The maximum absolute atomic E-state index is 5.89. The lowest BCUT2D eigenvalue weighted by Gasteiger charge is -2.15. The Bertz CT molecular complexity index is 820. The highest BCUT2D eigenvalue weighted by Gasteiger charge is 2.21. The monoisotopic (exact) mass is 368 g/mol. The highest BCUT2D eigenvalue weighted by molar-refractivity contribution is 5.79. The van der Waals surface area contributed by atoms with Crippen molar-refractivity contribution < 1.29 is 9.47 Å². The molecule has 0 radical (unpaired) electrons. The van der Waals surface area contributed by atoms with E-state index < -0.39 is 0 Å². The maximum atomic E-state index is 5.89. The van der Waals surface area contributed by atoms with E-state index in [4.69, 9.17) is 9.47 Å². The molecule has 0 aliphatic carbocycles. The molecule has 0 saturated carbocycles. The maximum Gasteiger partial charge on any atom is 0.191 e. The number of ether oxygens (including phenoxy) is 2. The van der Waals surface area contributed by atoms with Gasteiger partial charge in [0.2, 0.25) is 0 Å². The average Bonchev–Trinajstić information content (AvgIpc) is 3.01. The predicted molar refractivity (Wildman–Crippen MR) is 107 cm³/mol. The second-order valence-electron chi connectivity index (χ2n) is 6.68. The fourth-order valence-electron chi connectivity index (χ4n) is 3.18. The standard InChI is InChI=1S/C21H28N4O2/c1-5-26-19-10-16-9-15(3)27-20(16)11-17(19)12-23-21(22-4)24-13-18-8-6-7-14(2)25-18/h6-8,10-11,15H,5,9,12-13H2,1-4H3,(H2,22,23,24). The van der Waals surface area contributed by atoms with Crippen molar-refractivity contribution in [3.8, 4) is 11.5 Å². The number of nitrogens with one attached hydrogen (secondary N) is 2. The molecule has 1 aliphatic rings. The number of benzene rings is 1. The summed E-state index contributed by atoms with van der Waals surface area (Å²) in [5.41, 5.74) is 4.25. The summed E-state index contributed by atoms with van der Waals surface area (Å²) >= 11 is 0. The lowest BCUT2D eigenvalue weighted by Crippen LogP contribution is -2.36. The normalized spacial score (nSPS) is 15.9. The molecule has 27 heavy (non-hydrogen) atoms. The molecule has 1 aromatic carbocycles. The number of guanidine groups is 1. The van der Waals surface area contributed by atoms with E-state index in [9.17, 15) is 0 Å². The van der Waals surface area contributed by atoms with Crippen molar-refractivity contribution >= 4 is 5.96 Å². The molecule has 1 unspecified atom stereocenters. The van der Waals surface area contributed by atoms with E-state index >= 15 is 0 Å². The number of aromatic nitrogens is 1. The summed E-state index contributed by atoms with van der Waals surface area (Å²) in [6, 6.07) is 10.2. The minimum atomic E-state index is 0.217. The topological polar surface area (TPSA) is 67.8 Å². The molecule has 0 saturated heterocycles. The fraction of sp³-hybridized carbons (Fsp3) is 0.429. The summed E-state index contributed by atoms with van der Waals surface area (Å²) < 4.78 is 11.7. The van der Waals surface area contributed by atoms with Crippen LogP contribution in [0, 0.1) is 6.92 Å². The van der Waals surface area contributed by atoms with Gasteiger partial charge in [-0.1, -0.05) is 6.07 Å². The van der Waals surface area contributed by atoms with Crippen LogP contribution in [0.3, 0.4) is 0 Å². The lowest BCUT2D eigenvalue weighted by atomic mass is 10.1. The van der Waals surface area contributed by atoms with Crippen molar-refractivity contribution in [2.24, 2.45) is 4.99 Å². The number of hydrogen-bond acceptors (Lipinski definition) is 4. The van der Waals surface area contributed by atoms with Gasteiger partial charge in [0.05, 0.1) is 18.8 Å². The molecule has 1 aliphatic heterocycles. The first-order chi connectivity index (χ1) is 13.1. The van der Waals surface area contributed by atoms with E-state index in [1.165, 1.54) is 5.56 Å². The van der Waals surface area contributed by atoms with E-state index in [-0.39, 0.29) is 6.10 Å². The summed E-state index contributed by atoms with van der Waals surface area (Å²) in [6.45, 7) is 7.92. The lowest BCUT2D eigenvalue weighted by molar-refractivity contribution is 0.254. The zero-order chi connectivity index (χ0) is 19.2. The number of aliphatic imine (C=N–C) groups is 1. The highest BCUT2D eigenvalue weighted by Crippen LogP contribution is 2.35. The molecule has 144 valence electrons. The molecule has 2 N–H and O–H groups in total. The molecule has 2 aromatic rings. The number of nitrogens with zero attached hydrogens (tertiary/aromatic N) is 2. The van der Waals surface area contributed by atoms with Crippen molar-refractivity contribution in [3.05, 3.63) is 52.8 Å². The first-order valence-electron chi connectivity index (χ1n) is 9.41. The first kappa shape index (κ1) is 19.0. The SMILES string of the molecule is CCOc1cc2c(cc1CNC(=NC)NCc1cccc(C)n1)OC(C)C2. The number of hydrogen-bond donors (Lipinski definition) is 2. The van der Waals surface area contributed by atoms with Gasteiger partial charge in [-0.3, -0.25) is 9.98 Å². The van der Waals surface area contributed by atoms with Gasteiger partial charge in [0, 0.05) is 36.8 Å². The molecule has 0 amide bonds. The van der Waals surface area contributed by atoms with Crippen LogP contribution in [0.5, 0.6) is 11.5 Å². The van der Waals surface area contributed by atoms with Crippen LogP contribution in [0.15, 0.2) is 35.3 Å². The Morgan fingerprint density at radius 1 is 1.30 bits per heavy atom. The van der Waals surface area contributed by atoms with Crippen molar-refractivity contribution in [2.45, 2.75) is 46.4 Å². The van der Waals surface area contributed by atoms with Crippen LogP contribution in [0.25, 0.3) is 0 Å². The van der Waals surface area contributed by atoms with Gasteiger partial charge in [-0.25, -0.2) is 0 Å². The molecular weight excluding hydrogens is 340 g/mol. The number of pyridine rings is 1. The minimum absolute atomic E-state index is 0.217. The summed E-state index contributed by atoms with van der Waals surface area (Å²) in [7, 11) is 1.76. The van der Waals surface area contributed by atoms with Crippen molar-refractivity contribution in [1.82, 2.24) is 15.6 Å². The Morgan fingerprint density at radius 2 is 2.11 bits per heavy atom. The fourth-order valence-corrected chi connectivity index (χ4v) is 3.18. The van der Waals surface area contributed by atoms with E-state index in [2.05, 4.69) is 39.7 Å². The quantitative estimate of drug-likeness (QED) is 0.606. The van der Waals surface area contributed by atoms with Crippen LogP contribution >= 0.6 is 0 Å². The van der Waals surface area contributed by atoms with Crippen LogP contribution in [0.1, 0.15) is 36.4 Å². The zero-order valence-electron chi connectivity index (χ0n) is 16.5. The molecule has 0 spiro atoms. The van der Waals surface area contributed by atoms with Gasteiger partial charge in [0.15, 0.2) is 5.96 Å². The third-order valence-corrected chi connectivity index (χ3v) is 4.43. The summed E-state index contributed by atoms with van der Waals surface area (Å²) in [6.07, 6.45) is 1.14. The van der Waals surface area contributed by atoms with Crippen molar-refractivity contribution in [2.75, 3.05) is 13.7 Å². The molecule has 3 rings (SSSR count). The van der Waals surface area contributed by atoms with Crippen LogP contribution in [-0.4, -0.2) is 30.7 Å². The van der Waals surface area contributed by atoms with Gasteiger partial charge in [-0.15, -0.1) is 0 Å². The highest BCUT2D eigenvalue weighted by atomic mass is 16.5. The number of aryl methyl sites for hydroxylation is 1. The average molecular weight is 368 g/mol. The van der Waals surface area contributed by atoms with Crippen LogP contribution in [0.2, 0.25) is 0 Å². The Morgan fingerprint density at radius 3 is 2.85 bits per heavy atom. The van der Waals surface area contributed by atoms with Crippen molar-refractivity contribution in [3.63, 3.8) is 0 Å². The van der Waals surface area contributed by atoms with Crippen molar-refractivity contribution in [1.29, 1.82) is 0 Å². The Labute approximate surface area is 161 Å². The molecule has 2 heterocycles. The molecule has 6 nitrogen and oxygen atoms in total.